The second-order valence-corrected chi connectivity index (χ2v) is 6.96. The van der Waals surface area contributed by atoms with E-state index in [1.165, 1.54) is 6.08 Å². The lowest BCUT2D eigenvalue weighted by Crippen LogP contribution is -2.08. The minimum atomic E-state index is -0.279. The number of aryl methyl sites for hydroxylation is 2. The first-order chi connectivity index (χ1) is 15.4. The maximum atomic E-state index is 12.4. The summed E-state index contributed by atoms with van der Waals surface area (Å²) in [6, 6.07) is 12.8. The molecule has 32 heavy (non-hydrogen) atoms. The van der Waals surface area contributed by atoms with Crippen LogP contribution >= 0.6 is 0 Å². The van der Waals surface area contributed by atoms with E-state index < -0.39 is 0 Å². The van der Waals surface area contributed by atoms with Crippen molar-refractivity contribution in [1.82, 2.24) is 9.97 Å². The summed E-state index contributed by atoms with van der Waals surface area (Å²) in [6.07, 6.45) is 3.11. The Morgan fingerprint density at radius 2 is 1.50 bits per heavy atom. The predicted octanol–water partition coefficient (Wildman–Crippen LogP) is 4.51. The van der Waals surface area contributed by atoms with Gasteiger partial charge in [0.2, 0.25) is 17.6 Å². The monoisotopic (exact) mass is 434 g/mol. The van der Waals surface area contributed by atoms with Crippen LogP contribution in [0, 0.1) is 13.8 Å². The number of hydrogen-bond acceptors (Lipinski definition) is 7. The molecule has 3 rings (SSSR count). The molecule has 2 aromatic carbocycles. The minimum absolute atomic E-state index is 0.279. The summed E-state index contributed by atoms with van der Waals surface area (Å²) in [5, 5.41) is 6.01. The molecule has 1 aromatic heterocycles. The smallest absolute Gasteiger partial charge is 0.248 e. The Hall–Kier alpha value is -4.07. The maximum absolute atomic E-state index is 12.4. The Bertz CT molecular complexity index is 1100. The van der Waals surface area contributed by atoms with E-state index in [9.17, 15) is 4.79 Å². The molecule has 0 saturated carbocycles. The summed E-state index contributed by atoms with van der Waals surface area (Å²) in [4.78, 5) is 21.2. The van der Waals surface area contributed by atoms with Gasteiger partial charge in [-0.25, -0.2) is 9.97 Å². The zero-order chi connectivity index (χ0) is 23.1. The van der Waals surface area contributed by atoms with Gasteiger partial charge in [-0.2, -0.15) is 0 Å². The highest BCUT2D eigenvalue weighted by Crippen LogP contribution is 2.38. The van der Waals surface area contributed by atoms with E-state index in [0.717, 1.165) is 22.6 Å². The van der Waals surface area contributed by atoms with Crippen molar-refractivity contribution in [2.75, 3.05) is 32.0 Å². The van der Waals surface area contributed by atoms with Gasteiger partial charge in [-0.15, -0.1) is 0 Å². The summed E-state index contributed by atoms with van der Waals surface area (Å²) in [5.74, 6) is 1.75. The third-order valence-electron chi connectivity index (χ3n) is 4.48. The van der Waals surface area contributed by atoms with Crippen molar-refractivity contribution in [1.29, 1.82) is 0 Å². The number of nitrogens with zero attached hydrogens (tertiary/aromatic N) is 2. The van der Waals surface area contributed by atoms with Gasteiger partial charge in [0.05, 0.1) is 21.3 Å². The van der Waals surface area contributed by atoms with Crippen molar-refractivity contribution in [3.05, 3.63) is 65.5 Å². The highest BCUT2D eigenvalue weighted by atomic mass is 16.5. The Kier molecular flexibility index (Phi) is 7.28. The number of nitrogens with one attached hydrogen (secondary N) is 2. The summed E-state index contributed by atoms with van der Waals surface area (Å²) < 4.78 is 16.0. The first-order valence-electron chi connectivity index (χ1n) is 9.90. The molecule has 0 spiro atoms. The number of ether oxygens (including phenoxy) is 3. The van der Waals surface area contributed by atoms with Crippen LogP contribution in [0.3, 0.4) is 0 Å². The molecule has 0 aliphatic rings. The second-order valence-electron chi connectivity index (χ2n) is 6.96. The van der Waals surface area contributed by atoms with Crippen LogP contribution in [0.25, 0.3) is 6.08 Å². The van der Waals surface area contributed by atoms with Crippen LogP contribution in [0.4, 0.5) is 17.3 Å². The van der Waals surface area contributed by atoms with E-state index in [0.29, 0.717) is 28.9 Å². The summed E-state index contributed by atoms with van der Waals surface area (Å²) in [7, 11) is 4.63. The van der Waals surface area contributed by atoms with Gasteiger partial charge < -0.3 is 24.8 Å². The number of aromatic nitrogens is 2. The molecule has 0 saturated heterocycles. The quantitative estimate of drug-likeness (QED) is 0.504. The van der Waals surface area contributed by atoms with E-state index in [1.807, 2.05) is 38.1 Å². The van der Waals surface area contributed by atoms with Crippen molar-refractivity contribution in [3.8, 4) is 17.2 Å². The molecule has 1 heterocycles. The van der Waals surface area contributed by atoms with E-state index in [4.69, 9.17) is 14.2 Å². The van der Waals surface area contributed by atoms with Crippen LogP contribution in [0.5, 0.6) is 17.2 Å². The lowest BCUT2D eigenvalue weighted by Gasteiger charge is -2.12. The molecule has 3 aromatic rings. The molecule has 0 aliphatic heterocycles. The molecule has 166 valence electrons. The van der Waals surface area contributed by atoms with Gasteiger partial charge >= 0.3 is 0 Å². The number of amides is 1. The fourth-order valence-corrected chi connectivity index (χ4v) is 3.14. The van der Waals surface area contributed by atoms with Crippen molar-refractivity contribution in [3.63, 3.8) is 0 Å². The number of anilines is 3. The van der Waals surface area contributed by atoms with Crippen LogP contribution in [0.15, 0.2) is 48.5 Å². The van der Waals surface area contributed by atoms with Gasteiger partial charge in [-0.05, 0) is 61.9 Å². The number of carbonyl (C=O) groups excluding carboxylic acids is 1. The number of methoxy groups -OCH3 is 3. The molecule has 1 amide bonds. The molecular formula is C24H26N4O4. The van der Waals surface area contributed by atoms with Gasteiger partial charge in [0.15, 0.2) is 11.5 Å². The van der Waals surface area contributed by atoms with E-state index in [1.54, 1.807) is 45.6 Å². The summed E-state index contributed by atoms with van der Waals surface area (Å²) in [6.45, 7) is 3.83. The van der Waals surface area contributed by atoms with Crippen LogP contribution in [0.1, 0.15) is 17.0 Å². The second kappa shape index (κ2) is 10.3. The van der Waals surface area contributed by atoms with Crippen LogP contribution in [-0.2, 0) is 4.79 Å². The van der Waals surface area contributed by atoms with Crippen molar-refractivity contribution < 1.29 is 19.0 Å². The Morgan fingerprint density at radius 3 is 2.09 bits per heavy atom. The molecule has 0 aliphatic carbocycles. The Labute approximate surface area is 187 Å². The molecular weight excluding hydrogens is 408 g/mol. The Balaban J connectivity index is 1.71. The molecule has 0 radical (unpaired) electrons. The SMILES string of the molecule is COc1cc(/C=C/C(=O)Nc2cccc(Nc3nc(C)cc(C)n3)c2)cc(OC)c1OC. The van der Waals surface area contributed by atoms with Crippen LogP contribution in [-0.4, -0.2) is 37.2 Å². The van der Waals surface area contributed by atoms with Crippen LogP contribution < -0.4 is 24.8 Å². The average molecular weight is 434 g/mol. The van der Waals surface area contributed by atoms with Crippen molar-refractivity contribution in [2.45, 2.75) is 13.8 Å². The fraction of sp³-hybridized carbons (Fsp3) is 0.208. The number of hydrogen-bond donors (Lipinski definition) is 2. The largest absolute Gasteiger partial charge is 0.493 e. The molecule has 0 atom stereocenters. The first kappa shape index (κ1) is 22.6. The first-order valence-corrected chi connectivity index (χ1v) is 9.90. The van der Waals surface area contributed by atoms with Gasteiger partial charge in [-0.1, -0.05) is 6.07 Å². The maximum Gasteiger partial charge on any atom is 0.248 e. The van der Waals surface area contributed by atoms with E-state index >= 15 is 0 Å². The third-order valence-corrected chi connectivity index (χ3v) is 4.48. The van der Waals surface area contributed by atoms with Crippen LogP contribution in [0.2, 0.25) is 0 Å². The standard InChI is InChI=1S/C24H26N4O4/c1-15-11-16(2)26-24(25-15)28-19-8-6-7-18(14-19)27-22(29)10-9-17-12-20(30-3)23(32-5)21(13-17)31-4/h6-14H,1-5H3,(H,27,29)(H,25,26,28)/b10-9+. The fourth-order valence-electron chi connectivity index (χ4n) is 3.14. The number of benzene rings is 2. The predicted molar refractivity (Wildman–Crippen MR) is 125 cm³/mol. The zero-order valence-electron chi connectivity index (χ0n) is 18.7. The molecule has 0 bridgehead atoms. The minimum Gasteiger partial charge on any atom is -0.493 e. The molecule has 2 N–H and O–H groups in total. The van der Waals surface area contributed by atoms with Gasteiger partial charge in [-0.3, -0.25) is 4.79 Å². The molecule has 0 fully saturated rings. The van der Waals surface area contributed by atoms with E-state index in [2.05, 4.69) is 20.6 Å². The number of rotatable bonds is 8. The lowest BCUT2D eigenvalue weighted by atomic mass is 10.1. The Morgan fingerprint density at radius 1 is 0.875 bits per heavy atom. The summed E-state index contributed by atoms with van der Waals surface area (Å²) in [5.41, 5.74) is 3.89. The average Bonchev–Trinajstić information content (AvgIpc) is 2.76. The highest BCUT2D eigenvalue weighted by Gasteiger charge is 2.12. The molecule has 0 unspecified atom stereocenters. The normalized spacial score (nSPS) is 10.7. The molecule has 8 nitrogen and oxygen atoms in total. The van der Waals surface area contributed by atoms with E-state index in [-0.39, 0.29) is 5.91 Å². The van der Waals surface area contributed by atoms with Gasteiger partial charge in [0, 0.05) is 28.8 Å². The topological polar surface area (TPSA) is 94.6 Å². The van der Waals surface area contributed by atoms with Gasteiger partial charge in [0.25, 0.3) is 0 Å². The lowest BCUT2D eigenvalue weighted by molar-refractivity contribution is -0.111. The van der Waals surface area contributed by atoms with Crippen molar-refractivity contribution in [2.24, 2.45) is 0 Å². The molecule has 8 heteroatoms. The zero-order valence-corrected chi connectivity index (χ0v) is 18.7. The van der Waals surface area contributed by atoms with Crippen molar-refractivity contribution >= 4 is 29.3 Å². The van der Waals surface area contributed by atoms with Gasteiger partial charge in [0.1, 0.15) is 0 Å². The third kappa shape index (κ3) is 5.75. The summed E-state index contributed by atoms with van der Waals surface area (Å²) >= 11 is 0. The number of carbonyl (C=O) groups is 1. The highest BCUT2D eigenvalue weighted by molar-refractivity contribution is 6.02.